The van der Waals surface area contributed by atoms with Crippen LogP contribution in [-0.2, 0) is 0 Å². The standard InChI is InChI=1S/C3H4F4O/c4-1-3(6,7)2(5)8/h2,8H,1H2. The molecule has 1 nitrogen and oxygen atoms in total. The van der Waals surface area contributed by atoms with Crippen LogP contribution in [0.1, 0.15) is 0 Å². The first-order valence-corrected chi connectivity index (χ1v) is 1.76. The van der Waals surface area contributed by atoms with Crippen molar-refractivity contribution in [1.82, 2.24) is 0 Å². The molecule has 1 unspecified atom stereocenters. The monoisotopic (exact) mass is 132 g/mol. The predicted molar refractivity (Wildman–Crippen MR) is 18.0 cm³/mol. The van der Waals surface area contributed by atoms with Crippen LogP contribution < -0.4 is 0 Å². The van der Waals surface area contributed by atoms with Crippen molar-refractivity contribution < 1.29 is 22.7 Å². The highest BCUT2D eigenvalue weighted by Gasteiger charge is 2.38. The van der Waals surface area contributed by atoms with Gasteiger partial charge in [-0.15, -0.1) is 0 Å². The van der Waals surface area contributed by atoms with Crippen LogP contribution in [0.5, 0.6) is 0 Å². The van der Waals surface area contributed by atoms with Gasteiger partial charge in [0.15, 0.2) is 6.67 Å². The summed E-state index contributed by atoms with van der Waals surface area (Å²) in [7, 11) is 0. The summed E-state index contributed by atoms with van der Waals surface area (Å²) in [5, 5.41) is 7.42. The Kier molecular flexibility index (Phi) is 2.21. The molecule has 0 aliphatic heterocycles. The van der Waals surface area contributed by atoms with Crippen LogP contribution in [0.25, 0.3) is 0 Å². The molecule has 8 heavy (non-hydrogen) atoms. The summed E-state index contributed by atoms with van der Waals surface area (Å²) < 4.78 is 44.5. The molecule has 0 saturated carbocycles. The quantitative estimate of drug-likeness (QED) is 0.553. The Morgan fingerprint density at radius 2 is 1.88 bits per heavy atom. The van der Waals surface area contributed by atoms with E-state index in [1.807, 2.05) is 0 Å². The van der Waals surface area contributed by atoms with Gasteiger partial charge in [-0.25, -0.2) is 8.78 Å². The molecule has 0 radical (unpaired) electrons. The number of alkyl halides is 4. The topological polar surface area (TPSA) is 20.2 Å². The number of aliphatic hydroxyl groups is 1. The molecule has 1 atom stereocenters. The summed E-state index contributed by atoms with van der Waals surface area (Å²) in [6, 6.07) is 0. The summed E-state index contributed by atoms with van der Waals surface area (Å²) in [5.41, 5.74) is 0. The number of aliphatic hydroxyl groups excluding tert-OH is 1. The van der Waals surface area contributed by atoms with Gasteiger partial charge < -0.3 is 5.11 Å². The lowest BCUT2D eigenvalue weighted by atomic mass is 10.4. The summed E-state index contributed by atoms with van der Waals surface area (Å²) in [6.07, 6.45) is -3.40. The lowest BCUT2D eigenvalue weighted by Gasteiger charge is -2.10. The van der Waals surface area contributed by atoms with Crippen LogP contribution in [0.15, 0.2) is 0 Å². The molecule has 0 rings (SSSR count). The average Bonchev–Trinajstić information content (AvgIpc) is 1.67. The Morgan fingerprint density at radius 1 is 1.50 bits per heavy atom. The molecule has 0 saturated heterocycles. The first-order chi connectivity index (χ1) is 3.50. The highest BCUT2D eigenvalue weighted by Crippen LogP contribution is 2.19. The maximum atomic E-state index is 11.3. The zero-order valence-corrected chi connectivity index (χ0v) is 3.74. The van der Waals surface area contributed by atoms with Crippen molar-refractivity contribution in [3.63, 3.8) is 0 Å². The van der Waals surface area contributed by atoms with Crippen molar-refractivity contribution in [2.45, 2.75) is 12.3 Å². The Bertz CT molecular complexity index is 71.7. The van der Waals surface area contributed by atoms with Crippen LogP contribution in [0.2, 0.25) is 0 Å². The molecule has 0 aromatic carbocycles. The first kappa shape index (κ1) is 7.68. The van der Waals surface area contributed by atoms with Crippen LogP contribution in [0, 0.1) is 0 Å². The van der Waals surface area contributed by atoms with E-state index in [-0.39, 0.29) is 0 Å². The third-order valence-electron chi connectivity index (χ3n) is 0.527. The normalized spacial score (nSPS) is 16.1. The maximum absolute atomic E-state index is 11.3. The van der Waals surface area contributed by atoms with Gasteiger partial charge in [0.25, 0.3) is 6.36 Å². The number of rotatable bonds is 2. The molecule has 0 aromatic rings. The molecule has 0 fully saturated rings. The van der Waals surface area contributed by atoms with Crippen LogP contribution in [-0.4, -0.2) is 24.1 Å². The van der Waals surface area contributed by atoms with E-state index < -0.39 is 19.0 Å². The van der Waals surface area contributed by atoms with Gasteiger partial charge in [-0.2, -0.15) is 8.78 Å². The second-order valence-corrected chi connectivity index (χ2v) is 1.23. The Morgan fingerprint density at radius 3 is 1.88 bits per heavy atom. The largest absolute Gasteiger partial charge is 0.359 e. The predicted octanol–water partition coefficient (Wildman–Crippen LogP) is 0.879. The SMILES string of the molecule is OC(F)C(F)(F)CF. The molecular formula is C3H4F4O. The third kappa shape index (κ3) is 1.65. The highest BCUT2D eigenvalue weighted by molar-refractivity contribution is 4.65. The van der Waals surface area contributed by atoms with Crippen molar-refractivity contribution in [3.8, 4) is 0 Å². The van der Waals surface area contributed by atoms with Gasteiger partial charge in [0.05, 0.1) is 0 Å². The van der Waals surface area contributed by atoms with Crippen molar-refractivity contribution in [2.24, 2.45) is 0 Å². The maximum Gasteiger partial charge on any atom is 0.330 e. The number of hydrogen-bond acceptors (Lipinski definition) is 1. The van der Waals surface area contributed by atoms with Crippen molar-refractivity contribution in [1.29, 1.82) is 0 Å². The molecule has 0 aliphatic carbocycles. The minimum Gasteiger partial charge on any atom is -0.359 e. The second kappa shape index (κ2) is 2.30. The fourth-order valence-corrected chi connectivity index (χ4v) is 0.0637. The van der Waals surface area contributed by atoms with E-state index in [9.17, 15) is 17.6 Å². The van der Waals surface area contributed by atoms with E-state index in [1.165, 1.54) is 0 Å². The van der Waals surface area contributed by atoms with Gasteiger partial charge >= 0.3 is 5.92 Å². The summed E-state index contributed by atoms with van der Waals surface area (Å²) >= 11 is 0. The molecule has 0 heterocycles. The van der Waals surface area contributed by atoms with Crippen LogP contribution in [0.3, 0.4) is 0 Å². The van der Waals surface area contributed by atoms with E-state index in [1.54, 1.807) is 0 Å². The molecule has 0 aromatic heterocycles. The second-order valence-electron chi connectivity index (χ2n) is 1.23. The Hall–Kier alpha value is -0.320. The van der Waals surface area contributed by atoms with E-state index in [4.69, 9.17) is 5.11 Å². The molecule has 1 N–H and O–H groups in total. The van der Waals surface area contributed by atoms with E-state index in [0.717, 1.165) is 0 Å². The molecule has 50 valence electrons. The van der Waals surface area contributed by atoms with E-state index in [0.29, 0.717) is 0 Å². The fraction of sp³-hybridized carbons (Fsp3) is 1.00. The average molecular weight is 132 g/mol. The molecule has 0 amide bonds. The smallest absolute Gasteiger partial charge is 0.330 e. The third-order valence-corrected chi connectivity index (χ3v) is 0.527. The zero-order chi connectivity index (χ0) is 6.78. The highest BCUT2D eigenvalue weighted by atomic mass is 19.3. The van der Waals surface area contributed by atoms with Crippen molar-refractivity contribution in [2.75, 3.05) is 6.67 Å². The van der Waals surface area contributed by atoms with Gasteiger partial charge in [-0.05, 0) is 0 Å². The summed E-state index contributed by atoms with van der Waals surface area (Å²) in [6.45, 7) is -2.18. The molecule has 0 bridgehead atoms. The fourth-order valence-electron chi connectivity index (χ4n) is 0.0637. The lowest BCUT2D eigenvalue weighted by molar-refractivity contribution is -0.176. The minimum atomic E-state index is -4.24. The van der Waals surface area contributed by atoms with Crippen molar-refractivity contribution in [3.05, 3.63) is 0 Å². The van der Waals surface area contributed by atoms with Gasteiger partial charge in [-0.1, -0.05) is 0 Å². The zero-order valence-electron chi connectivity index (χ0n) is 3.74. The lowest BCUT2D eigenvalue weighted by Crippen LogP contribution is -2.31. The molecular weight excluding hydrogens is 128 g/mol. The summed E-state index contributed by atoms with van der Waals surface area (Å²) in [4.78, 5) is 0. The summed E-state index contributed by atoms with van der Waals surface area (Å²) in [5.74, 6) is -4.24. The molecule has 0 aliphatic rings. The Balaban J connectivity index is 3.71. The van der Waals surface area contributed by atoms with Gasteiger partial charge in [0, 0.05) is 0 Å². The van der Waals surface area contributed by atoms with E-state index >= 15 is 0 Å². The van der Waals surface area contributed by atoms with Crippen LogP contribution >= 0.6 is 0 Å². The van der Waals surface area contributed by atoms with Crippen molar-refractivity contribution >= 4 is 0 Å². The molecule has 5 heteroatoms. The molecule has 0 spiro atoms. The first-order valence-electron chi connectivity index (χ1n) is 1.76. The number of hydrogen-bond donors (Lipinski definition) is 1. The number of halogens is 4. The van der Waals surface area contributed by atoms with E-state index in [2.05, 4.69) is 0 Å². The van der Waals surface area contributed by atoms with Gasteiger partial charge in [0.1, 0.15) is 0 Å². The Labute approximate surface area is 42.9 Å². The minimum absolute atomic E-state index is 2.18. The van der Waals surface area contributed by atoms with Gasteiger partial charge in [0.2, 0.25) is 0 Å². The van der Waals surface area contributed by atoms with Gasteiger partial charge in [-0.3, -0.25) is 0 Å². The van der Waals surface area contributed by atoms with Crippen LogP contribution in [0.4, 0.5) is 17.6 Å².